The summed E-state index contributed by atoms with van der Waals surface area (Å²) in [5.74, 6) is 0. The Morgan fingerprint density at radius 3 is 2.50 bits per heavy atom. The summed E-state index contributed by atoms with van der Waals surface area (Å²) in [5.41, 5.74) is 5.69. The van der Waals surface area contributed by atoms with E-state index in [2.05, 4.69) is 48.2 Å². The molecule has 0 bridgehead atoms. The number of nitrogens with zero attached hydrogens (tertiary/aromatic N) is 4. The molecule has 2 aromatic heterocycles. The molecule has 0 unspecified atom stereocenters. The van der Waals surface area contributed by atoms with E-state index in [-0.39, 0.29) is 0 Å². The highest BCUT2D eigenvalue weighted by molar-refractivity contribution is 5.25. The SMILES string of the molecule is CCc1ccc(Cc2c(C)nnn2CC)nc1C. The van der Waals surface area contributed by atoms with E-state index in [4.69, 9.17) is 0 Å². The van der Waals surface area contributed by atoms with E-state index in [9.17, 15) is 0 Å². The highest BCUT2D eigenvalue weighted by atomic mass is 15.4. The molecule has 0 fully saturated rings. The predicted molar refractivity (Wildman–Crippen MR) is 71.6 cm³/mol. The lowest BCUT2D eigenvalue weighted by molar-refractivity contribution is 0.602. The lowest BCUT2D eigenvalue weighted by Gasteiger charge is -2.07. The molecule has 2 heterocycles. The molecule has 0 N–H and O–H groups in total. The van der Waals surface area contributed by atoms with Gasteiger partial charge < -0.3 is 0 Å². The summed E-state index contributed by atoms with van der Waals surface area (Å²) in [6.45, 7) is 9.16. The average molecular weight is 244 g/mol. The summed E-state index contributed by atoms with van der Waals surface area (Å²) in [5, 5.41) is 8.25. The number of pyridine rings is 1. The van der Waals surface area contributed by atoms with Crippen LogP contribution < -0.4 is 0 Å². The van der Waals surface area contributed by atoms with Crippen molar-refractivity contribution in [2.45, 2.75) is 47.1 Å². The van der Waals surface area contributed by atoms with Crippen molar-refractivity contribution in [3.63, 3.8) is 0 Å². The van der Waals surface area contributed by atoms with Gasteiger partial charge in [0.15, 0.2) is 0 Å². The van der Waals surface area contributed by atoms with E-state index < -0.39 is 0 Å². The minimum atomic E-state index is 0.803. The van der Waals surface area contributed by atoms with Crippen LogP contribution in [0.5, 0.6) is 0 Å². The molecule has 0 aliphatic carbocycles. The Bertz CT molecular complexity index is 543. The molecule has 0 saturated carbocycles. The maximum atomic E-state index is 4.67. The van der Waals surface area contributed by atoms with Gasteiger partial charge in [0.2, 0.25) is 0 Å². The lowest BCUT2D eigenvalue weighted by Crippen LogP contribution is -2.06. The maximum Gasteiger partial charge on any atom is 0.0832 e. The molecule has 0 aromatic carbocycles. The van der Waals surface area contributed by atoms with Crippen LogP contribution in [0.1, 0.15) is 42.2 Å². The van der Waals surface area contributed by atoms with Crippen molar-refractivity contribution in [3.8, 4) is 0 Å². The van der Waals surface area contributed by atoms with Crippen LogP contribution in [0.15, 0.2) is 12.1 Å². The van der Waals surface area contributed by atoms with Crippen LogP contribution in [0.4, 0.5) is 0 Å². The van der Waals surface area contributed by atoms with Gasteiger partial charge in [0.1, 0.15) is 0 Å². The Hall–Kier alpha value is -1.71. The summed E-state index contributed by atoms with van der Waals surface area (Å²) in [4.78, 5) is 4.67. The first-order valence-electron chi connectivity index (χ1n) is 6.50. The van der Waals surface area contributed by atoms with Crippen LogP contribution in [0.25, 0.3) is 0 Å². The Morgan fingerprint density at radius 2 is 1.89 bits per heavy atom. The Kier molecular flexibility index (Phi) is 3.75. The fraction of sp³-hybridized carbons (Fsp3) is 0.500. The smallest absolute Gasteiger partial charge is 0.0832 e. The molecule has 2 aromatic rings. The molecule has 4 nitrogen and oxygen atoms in total. The molecule has 0 aliphatic heterocycles. The van der Waals surface area contributed by atoms with Crippen molar-refractivity contribution in [2.75, 3.05) is 0 Å². The number of aromatic nitrogens is 4. The van der Waals surface area contributed by atoms with Crippen LogP contribution in [-0.2, 0) is 19.4 Å². The zero-order chi connectivity index (χ0) is 13.1. The van der Waals surface area contributed by atoms with Gasteiger partial charge in [-0.15, -0.1) is 5.10 Å². The number of hydrogen-bond donors (Lipinski definition) is 0. The van der Waals surface area contributed by atoms with Gasteiger partial charge in [0, 0.05) is 24.4 Å². The Morgan fingerprint density at radius 1 is 1.11 bits per heavy atom. The summed E-state index contributed by atoms with van der Waals surface area (Å²) < 4.78 is 1.94. The Labute approximate surface area is 108 Å². The molecule has 0 spiro atoms. The molecule has 18 heavy (non-hydrogen) atoms. The van der Waals surface area contributed by atoms with Crippen LogP contribution in [0, 0.1) is 13.8 Å². The quantitative estimate of drug-likeness (QED) is 0.829. The first kappa shape index (κ1) is 12.7. The van der Waals surface area contributed by atoms with Crippen molar-refractivity contribution in [3.05, 3.63) is 40.5 Å². The third-order valence-electron chi connectivity index (χ3n) is 3.31. The van der Waals surface area contributed by atoms with E-state index in [1.807, 2.05) is 11.6 Å². The minimum Gasteiger partial charge on any atom is -0.257 e. The topological polar surface area (TPSA) is 43.6 Å². The first-order valence-corrected chi connectivity index (χ1v) is 6.50. The summed E-state index contributed by atoms with van der Waals surface area (Å²) in [6, 6.07) is 4.28. The third kappa shape index (κ3) is 2.42. The van der Waals surface area contributed by atoms with Crippen LogP contribution >= 0.6 is 0 Å². The van der Waals surface area contributed by atoms with Gasteiger partial charge in [-0.3, -0.25) is 4.98 Å². The predicted octanol–water partition coefficient (Wildman–Crippen LogP) is 2.46. The minimum absolute atomic E-state index is 0.803. The second-order valence-electron chi connectivity index (χ2n) is 4.51. The van der Waals surface area contributed by atoms with Crippen molar-refractivity contribution in [2.24, 2.45) is 0 Å². The molecular weight excluding hydrogens is 224 g/mol. The van der Waals surface area contributed by atoms with Crippen molar-refractivity contribution in [1.82, 2.24) is 20.0 Å². The third-order valence-corrected chi connectivity index (χ3v) is 3.31. The summed E-state index contributed by atoms with van der Waals surface area (Å²) in [6.07, 6.45) is 1.84. The average Bonchev–Trinajstić information content (AvgIpc) is 2.71. The molecular formula is C14H20N4. The standard InChI is InChI=1S/C14H20N4/c1-5-12-7-8-13(15-10(12)3)9-14-11(4)16-17-18(14)6-2/h7-8H,5-6,9H2,1-4H3. The highest BCUT2D eigenvalue weighted by Crippen LogP contribution is 2.13. The van der Waals surface area contributed by atoms with E-state index >= 15 is 0 Å². The van der Waals surface area contributed by atoms with E-state index in [1.54, 1.807) is 0 Å². The van der Waals surface area contributed by atoms with Crippen LogP contribution in [-0.4, -0.2) is 20.0 Å². The zero-order valence-electron chi connectivity index (χ0n) is 11.6. The summed E-state index contributed by atoms with van der Waals surface area (Å²) >= 11 is 0. The van der Waals surface area contributed by atoms with Crippen LogP contribution in [0.2, 0.25) is 0 Å². The van der Waals surface area contributed by atoms with Crippen LogP contribution in [0.3, 0.4) is 0 Å². The second-order valence-corrected chi connectivity index (χ2v) is 4.51. The maximum absolute atomic E-state index is 4.67. The second kappa shape index (κ2) is 5.29. The molecule has 0 atom stereocenters. The fourth-order valence-corrected chi connectivity index (χ4v) is 2.18. The fourth-order valence-electron chi connectivity index (χ4n) is 2.18. The van der Waals surface area contributed by atoms with Crippen molar-refractivity contribution >= 4 is 0 Å². The normalized spacial score (nSPS) is 10.9. The largest absolute Gasteiger partial charge is 0.257 e. The van der Waals surface area contributed by atoms with Crippen molar-refractivity contribution < 1.29 is 0 Å². The monoisotopic (exact) mass is 244 g/mol. The number of rotatable bonds is 4. The van der Waals surface area contributed by atoms with Gasteiger partial charge in [-0.1, -0.05) is 18.2 Å². The van der Waals surface area contributed by atoms with Gasteiger partial charge in [0.05, 0.1) is 11.4 Å². The first-order chi connectivity index (χ1) is 8.65. The van der Waals surface area contributed by atoms with Crippen molar-refractivity contribution in [1.29, 1.82) is 0 Å². The van der Waals surface area contributed by atoms with Gasteiger partial charge in [-0.2, -0.15) is 0 Å². The molecule has 0 saturated heterocycles. The summed E-state index contributed by atoms with van der Waals surface area (Å²) in [7, 11) is 0. The molecule has 2 rings (SSSR count). The van der Waals surface area contributed by atoms with Gasteiger partial charge in [-0.25, -0.2) is 4.68 Å². The van der Waals surface area contributed by atoms with E-state index in [0.29, 0.717) is 0 Å². The molecule has 0 aliphatic rings. The number of hydrogen-bond acceptors (Lipinski definition) is 3. The molecule has 4 heteroatoms. The lowest BCUT2D eigenvalue weighted by atomic mass is 10.1. The highest BCUT2D eigenvalue weighted by Gasteiger charge is 2.10. The van der Waals surface area contributed by atoms with E-state index in [1.165, 1.54) is 5.56 Å². The molecule has 0 radical (unpaired) electrons. The van der Waals surface area contributed by atoms with Gasteiger partial charge in [0.25, 0.3) is 0 Å². The van der Waals surface area contributed by atoms with Gasteiger partial charge >= 0.3 is 0 Å². The zero-order valence-corrected chi connectivity index (χ0v) is 11.6. The number of aryl methyl sites for hydroxylation is 4. The molecule has 0 amide bonds. The Balaban J connectivity index is 2.28. The van der Waals surface area contributed by atoms with Gasteiger partial charge in [-0.05, 0) is 38.8 Å². The molecule has 96 valence electrons. The van der Waals surface area contributed by atoms with E-state index in [0.717, 1.165) is 42.2 Å².